The first-order chi connectivity index (χ1) is 14.5. The number of nitrogens with one attached hydrogen (secondary N) is 2. The van der Waals surface area contributed by atoms with Gasteiger partial charge < -0.3 is 15.5 Å². The SMILES string of the molecule is C=CCNC(=O)CN1CCN(CCC(=O)Nc2sc3c(c2C#N)CCC(C)C3)CC1. The smallest absolute Gasteiger partial charge is 0.234 e. The van der Waals surface area contributed by atoms with Crippen molar-refractivity contribution in [3.63, 3.8) is 0 Å². The third kappa shape index (κ3) is 5.91. The van der Waals surface area contributed by atoms with E-state index in [9.17, 15) is 14.9 Å². The van der Waals surface area contributed by atoms with Crippen LogP contribution < -0.4 is 10.6 Å². The Morgan fingerprint density at radius 3 is 2.70 bits per heavy atom. The summed E-state index contributed by atoms with van der Waals surface area (Å²) in [7, 11) is 0. The molecule has 162 valence electrons. The molecule has 7 nitrogen and oxygen atoms in total. The third-order valence-electron chi connectivity index (χ3n) is 5.81. The molecule has 0 saturated carbocycles. The van der Waals surface area contributed by atoms with E-state index < -0.39 is 0 Å². The maximum Gasteiger partial charge on any atom is 0.234 e. The molecule has 1 aliphatic heterocycles. The van der Waals surface area contributed by atoms with Crippen LogP contribution in [0, 0.1) is 17.2 Å². The highest BCUT2D eigenvalue weighted by Crippen LogP contribution is 2.39. The summed E-state index contributed by atoms with van der Waals surface area (Å²) in [4.78, 5) is 29.9. The van der Waals surface area contributed by atoms with E-state index in [-0.39, 0.29) is 11.8 Å². The van der Waals surface area contributed by atoms with E-state index >= 15 is 0 Å². The van der Waals surface area contributed by atoms with Gasteiger partial charge >= 0.3 is 0 Å². The van der Waals surface area contributed by atoms with Crippen LogP contribution in [0.15, 0.2) is 12.7 Å². The van der Waals surface area contributed by atoms with Crippen molar-refractivity contribution < 1.29 is 9.59 Å². The number of nitrogens with zero attached hydrogens (tertiary/aromatic N) is 3. The fourth-order valence-electron chi connectivity index (χ4n) is 4.02. The van der Waals surface area contributed by atoms with Gasteiger partial charge in [0.15, 0.2) is 0 Å². The highest BCUT2D eigenvalue weighted by molar-refractivity contribution is 7.16. The van der Waals surface area contributed by atoms with Crippen LogP contribution in [0.5, 0.6) is 0 Å². The lowest BCUT2D eigenvalue weighted by Gasteiger charge is -2.34. The van der Waals surface area contributed by atoms with E-state index in [1.54, 1.807) is 17.4 Å². The molecule has 1 unspecified atom stereocenters. The minimum absolute atomic E-state index is 0.0177. The van der Waals surface area contributed by atoms with E-state index in [1.165, 1.54) is 4.88 Å². The van der Waals surface area contributed by atoms with Crippen molar-refractivity contribution in [2.24, 2.45) is 5.92 Å². The van der Waals surface area contributed by atoms with Gasteiger partial charge in [-0.3, -0.25) is 14.5 Å². The van der Waals surface area contributed by atoms with Crippen LogP contribution in [0.1, 0.15) is 35.8 Å². The standard InChI is InChI=1S/C22H31N5O2S/c1-3-7-24-21(29)15-27-11-9-26(10-12-27)8-6-20(28)25-22-18(14-23)17-5-4-16(2)13-19(17)30-22/h3,16H,1,4-13,15H2,2H3,(H,24,29)(H,25,28). The van der Waals surface area contributed by atoms with Crippen molar-refractivity contribution in [1.29, 1.82) is 5.26 Å². The molecule has 1 aliphatic carbocycles. The zero-order valence-electron chi connectivity index (χ0n) is 17.7. The van der Waals surface area contributed by atoms with Gasteiger partial charge in [0.1, 0.15) is 11.1 Å². The van der Waals surface area contributed by atoms with Crippen LogP contribution in [0.4, 0.5) is 5.00 Å². The quantitative estimate of drug-likeness (QED) is 0.617. The molecule has 2 N–H and O–H groups in total. The summed E-state index contributed by atoms with van der Waals surface area (Å²) in [6.45, 7) is 10.7. The molecular weight excluding hydrogens is 398 g/mol. The minimum atomic E-state index is -0.0376. The summed E-state index contributed by atoms with van der Waals surface area (Å²) >= 11 is 1.57. The van der Waals surface area contributed by atoms with Crippen molar-refractivity contribution in [3.05, 3.63) is 28.7 Å². The molecule has 1 fully saturated rings. The first-order valence-electron chi connectivity index (χ1n) is 10.7. The number of hydrogen-bond acceptors (Lipinski definition) is 6. The highest BCUT2D eigenvalue weighted by atomic mass is 32.1. The Morgan fingerprint density at radius 2 is 2.00 bits per heavy atom. The Morgan fingerprint density at radius 1 is 1.27 bits per heavy atom. The van der Waals surface area contributed by atoms with Gasteiger partial charge in [-0.15, -0.1) is 17.9 Å². The number of amides is 2. The maximum atomic E-state index is 12.5. The van der Waals surface area contributed by atoms with Crippen LogP contribution in [0.25, 0.3) is 0 Å². The number of nitriles is 1. The fourth-order valence-corrected chi connectivity index (χ4v) is 5.40. The predicted molar refractivity (Wildman–Crippen MR) is 120 cm³/mol. The second kappa shape index (κ2) is 10.7. The van der Waals surface area contributed by atoms with Crippen LogP contribution in [-0.2, 0) is 22.4 Å². The molecule has 1 aromatic rings. The van der Waals surface area contributed by atoms with Crippen molar-refractivity contribution in [2.75, 3.05) is 51.1 Å². The lowest BCUT2D eigenvalue weighted by molar-refractivity contribution is -0.122. The van der Waals surface area contributed by atoms with Gasteiger partial charge in [0.2, 0.25) is 11.8 Å². The normalized spacial score (nSPS) is 19.5. The largest absolute Gasteiger partial charge is 0.352 e. The Kier molecular flexibility index (Phi) is 8.02. The number of piperazine rings is 1. The van der Waals surface area contributed by atoms with E-state index in [4.69, 9.17) is 0 Å². The molecule has 8 heteroatoms. The van der Waals surface area contributed by atoms with Gasteiger partial charge in [-0.05, 0) is 30.7 Å². The predicted octanol–water partition coefficient (Wildman–Crippen LogP) is 1.99. The van der Waals surface area contributed by atoms with Crippen LogP contribution in [0.3, 0.4) is 0 Å². The monoisotopic (exact) mass is 429 g/mol. The first-order valence-corrected chi connectivity index (χ1v) is 11.5. The number of rotatable bonds is 8. The van der Waals surface area contributed by atoms with Crippen molar-refractivity contribution >= 4 is 28.2 Å². The molecule has 1 saturated heterocycles. The summed E-state index contributed by atoms with van der Waals surface area (Å²) in [6.07, 6.45) is 5.12. The van der Waals surface area contributed by atoms with Crippen LogP contribution >= 0.6 is 11.3 Å². The van der Waals surface area contributed by atoms with E-state index in [2.05, 4.69) is 40.0 Å². The average molecular weight is 430 g/mol. The van der Waals surface area contributed by atoms with Crippen molar-refractivity contribution in [1.82, 2.24) is 15.1 Å². The molecule has 1 aromatic heterocycles. The molecule has 2 heterocycles. The number of thiophene rings is 1. The van der Waals surface area contributed by atoms with Gasteiger partial charge in [-0.1, -0.05) is 13.0 Å². The fraction of sp³-hybridized carbons (Fsp3) is 0.591. The van der Waals surface area contributed by atoms with Gasteiger partial charge in [-0.25, -0.2) is 0 Å². The maximum absolute atomic E-state index is 12.5. The summed E-state index contributed by atoms with van der Waals surface area (Å²) in [5.74, 6) is 0.617. The molecule has 0 bridgehead atoms. The number of hydrogen-bond donors (Lipinski definition) is 2. The van der Waals surface area contributed by atoms with E-state index in [0.717, 1.165) is 56.0 Å². The van der Waals surface area contributed by atoms with Crippen LogP contribution in [0.2, 0.25) is 0 Å². The van der Waals surface area contributed by atoms with Gasteiger partial charge in [-0.2, -0.15) is 5.26 Å². The zero-order valence-corrected chi connectivity index (χ0v) is 18.5. The molecule has 2 aliphatic rings. The molecule has 2 amide bonds. The number of carbonyl (C=O) groups is 2. The van der Waals surface area contributed by atoms with E-state index in [1.807, 2.05) is 0 Å². The second-order valence-corrected chi connectivity index (χ2v) is 9.28. The molecular formula is C22H31N5O2S. The lowest BCUT2D eigenvalue weighted by atomic mass is 9.89. The van der Waals surface area contributed by atoms with Crippen molar-refractivity contribution in [3.8, 4) is 6.07 Å². The number of fused-ring (bicyclic) bond motifs is 1. The Balaban J connectivity index is 1.42. The molecule has 0 radical (unpaired) electrons. The van der Waals surface area contributed by atoms with Crippen molar-refractivity contribution in [2.45, 2.75) is 32.6 Å². The topological polar surface area (TPSA) is 88.5 Å². The van der Waals surface area contributed by atoms with Gasteiger partial charge in [0.05, 0.1) is 12.1 Å². The summed E-state index contributed by atoms with van der Waals surface area (Å²) < 4.78 is 0. The van der Waals surface area contributed by atoms with E-state index in [0.29, 0.717) is 37.5 Å². The summed E-state index contributed by atoms with van der Waals surface area (Å²) in [6, 6.07) is 2.30. The third-order valence-corrected chi connectivity index (χ3v) is 6.98. The Bertz CT molecular complexity index is 820. The summed E-state index contributed by atoms with van der Waals surface area (Å²) in [5.41, 5.74) is 1.81. The molecule has 3 rings (SSSR count). The lowest BCUT2D eigenvalue weighted by Crippen LogP contribution is -2.49. The number of anilines is 1. The zero-order chi connectivity index (χ0) is 21.5. The van der Waals surface area contributed by atoms with Gasteiger partial charge in [0, 0.05) is 50.6 Å². The summed E-state index contributed by atoms with van der Waals surface area (Å²) in [5, 5.41) is 16.1. The van der Waals surface area contributed by atoms with Gasteiger partial charge in [0.25, 0.3) is 0 Å². The molecule has 30 heavy (non-hydrogen) atoms. The molecule has 0 aromatic carbocycles. The highest BCUT2D eigenvalue weighted by Gasteiger charge is 2.25. The first kappa shape index (κ1) is 22.5. The Hall–Kier alpha value is -2.21. The number of carbonyl (C=O) groups excluding carboxylic acids is 2. The average Bonchev–Trinajstić information content (AvgIpc) is 3.07. The molecule has 0 spiro atoms. The molecule has 1 atom stereocenters. The Labute approximate surface area is 182 Å². The van der Waals surface area contributed by atoms with Crippen LogP contribution in [-0.4, -0.2) is 67.4 Å². The second-order valence-electron chi connectivity index (χ2n) is 8.18. The minimum Gasteiger partial charge on any atom is -0.352 e.